The SMILES string of the molecule is NCCCCc1c(-c2ccccc2C(F)(F)F)[nH]c2ccccc12. The van der Waals surface area contributed by atoms with Gasteiger partial charge in [-0.3, -0.25) is 0 Å². The van der Waals surface area contributed by atoms with Crippen LogP contribution in [0.2, 0.25) is 0 Å². The van der Waals surface area contributed by atoms with Gasteiger partial charge in [-0.15, -0.1) is 0 Å². The number of aromatic nitrogens is 1. The van der Waals surface area contributed by atoms with Crippen LogP contribution in [0.5, 0.6) is 0 Å². The molecule has 0 radical (unpaired) electrons. The number of aromatic amines is 1. The van der Waals surface area contributed by atoms with Crippen molar-refractivity contribution in [3.05, 3.63) is 59.7 Å². The normalized spacial score (nSPS) is 12.0. The van der Waals surface area contributed by atoms with Crippen LogP contribution >= 0.6 is 0 Å². The summed E-state index contributed by atoms with van der Waals surface area (Å²) in [6, 6.07) is 13.3. The van der Waals surface area contributed by atoms with Gasteiger partial charge >= 0.3 is 6.18 Å². The van der Waals surface area contributed by atoms with Crippen molar-refractivity contribution in [1.82, 2.24) is 4.98 Å². The first-order chi connectivity index (χ1) is 11.5. The number of nitrogens with two attached hydrogens (primary N) is 1. The molecular weight excluding hydrogens is 313 g/mol. The topological polar surface area (TPSA) is 41.8 Å². The summed E-state index contributed by atoms with van der Waals surface area (Å²) in [5.41, 5.74) is 7.48. The predicted molar refractivity (Wildman–Crippen MR) is 90.7 cm³/mol. The molecular formula is C19H19F3N2. The smallest absolute Gasteiger partial charge is 0.354 e. The van der Waals surface area contributed by atoms with Crippen LogP contribution < -0.4 is 5.73 Å². The second-order valence-electron chi connectivity index (χ2n) is 5.81. The first-order valence-electron chi connectivity index (χ1n) is 7.98. The molecule has 0 fully saturated rings. The Morgan fingerprint density at radius 3 is 2.38 bits per heavy atom. The number of hydrogen-bond donors (Lipinski definition) is 2. The number of benzene rings is 2. The highest BCUT2D eigenvalue weighted by Crippen LogP contribution is 2.39. The van der Waals surface area contributed by atoms with Crippen molar-refractivity contribution in [2.45, 2.75) is 25.4 Å². The number of aryl methyl sites for hydroxylation is 1. The summed E-state index contributed by atoms with van der Waals surface area (Å²) in [6.45, 7) is 0.580. The number of alkyl halides is 3. The molecule has 3 N–H and O–H groups in total. The van der Waals surface area contributed by atoms with Gasteiger partial charge in [0.2, 0.25) is 0 Å². The van der Waals surface area contributed by atoms with Crippen LogP contribution in [0.3, 0.4) is 0 Å². The van der Waals surface area contributed by atoms with E-state index in [2.05, 4.69) is 4.98 Å². The molecule has 24 heavy (non-hydrogen) atoms. The minimum absolute atomic E-state index is 0.198. The van der Waals surface area contributed by atoms with Crippen LogP contribution in [-0.4, -0.2) is 11.5 Å². The summed E-state index contributed by atoms with van der Waals surface area (Å²) < 4.78 is 40.2. The summed E-state index contributed by atoms with van der Waals surface area (Å²) >= 11 is 0. The number of fused-ring (bicyclic) bond motifs is 1. The Labute approximate surface area is 138 Å². The minimum Gasteiger partial charge on any atom is -0.354 e. The molecule has 126 valence electrons. The highest BCUT2D eigenvalue weighted by atomic mass is 19.4. The first-order valence-corrected chi connectivity index (χ1v) is 7.98. The third-order valence-corrected chi connectivity index (χ3v) is 4.20. The third kappa shape index (κ3) is 3.17. The van der Waals surface area contributed by atoms with Gasteiger partial charge in [-0.25, -0.2) is 0 Å². The molecule has 0 aliphatic carbocycles. The Balaban J connectivity index is 2.18. The number of hydrogen-bond acceptors (Lipinski definition) is 1. The van der Waals surface area contributed by atoms with Gasteiger partial charge in [0.25, 0.3) is 0 Å². The highest BCUT2D eigenvalue weighted by molar-refractivity contribution is 5.91. The lowest BCUT2D eigenvalue weighted by molar-refractivity contribution is -0.137. The van der Waals surface area contributed by atoms with Crippen molar-refractivity contribution in [3.63, 3.8) is 0 Å². The van der Waals surface area contributed by atoms with E-state index in [1.54, 1.807) is 6.07 Å². The lowest BCUT2D eigenvalue weighted by Gasteiger charge is -2.13. The van der Waals surface area contributed by atoms with Crippen molar-refractivity contribution < 1.29 is 13.2 Å². The van der Waals surface area contributed by atoms with Gasteiger partial charge in [0, 0.05) is 16.5 Å². The zero-order valence-corrected chi connectivity index (χ0v) is 13.2. The fraction of sp³-hybridized carbons (Fsp3) is 0.263. The van der Waals surface area contributed by atoms with E-state index in [0.29, 0.717) is 18.7 Å². The zero-order chi connectivity index (χ0) is 17.2. The van der Waals surface area contributed by atoms with Gasteiger partial charge in [0.1, 0.15) is 0 Å². The van der Waals surface area contributed by atoms with Crippen LogP contribution in [0.1, 0.15) is 24.0 Å². The number of rotatable bonds is 5. The molecule has 5 heteroatoms. The summed E-state index contributed by atoms with van der Waals surface area (Å²) in [5, 5.41) is 0.974. The molecule has 3 rings (SSSR count). The van der Waals surface area contributed by atoms with Crippen LogP contribution in [0, 0.1) is 0 Å². The lowest BCUT2D eigenvalue weighted by atomic mass is 9.97. The average molecular weight is 332 g/mol. The van der Waals surface area contributed by atoms with E-state index >= 15 is 0 Å². The third-order valence-electron chi connectivity index (χ3n) is 4.20. The van der Waals surface area contributed by atoms with Crippen molar-refractivity contribution in [1.29, 1.82) is 0 Å². The lowest BCUT2D eigenvalue weighted by Crippen LogP contribution is -2.07. The van der Waals surface area contributed by atoms with Crippen molar-refractivity contribution in [3.8, 4) is 11.3 Å². The maximum atomic E-state index is 13.4. The monoisotopic (exact) mass is 332 g/mol. The molecule has 2 nitrogen and oxygen atoms in total. The van der Waals surface area contributed by atoms with Crippen molar-refractivity contribution in [2.24, 2.45) is 5.73 Å². The number of H-pyrrole nitrogens is 1. The van der Waals surface area contributed by atoms with Crippen molar-refractivity contribution in [2.75, 3.05) is 6.54 Å². The van der Waals surface area contributed by atoms with Gasteiger partial charge in [-0.2, -0.15) is 13.2 Å². The van der Waals surface area contributed by atoms with Gasteiger partial charge < -0.3 is 10.7 Å². The molecule has 0 unspecified atom stereocenters. The van der Waals surface area contributed by atoms with E-state index in [4.69, 9.17) is 5.73 Å². The maximum absolute atomic E-state index is 13.4. The Morgan fingerprint density at radius 2 is 1.62 bits per heavy atom. The molecule has 0 spiro atoms. The fourth-order valence-corrected chi connectivity index (χ4v) is 3.08. The van der Waals surface area contributed by atoms with Gasteiger partial charge in [0.15, 0.2) is 0 Å². The Kier molecular flexibility index (Phi) is 4.62. The van der Waals surface area contributed by atoms with E-state index in [-0.39, 0.29) is 5.56 Å². The van der Waals surface area contributed by atoms with Crippen LogP contribution in [0.25, 0.3) is 22.2 Å². The first kappa shape index (κ1) is 16.6. The molecule has 0 saturated carbocycles. The Morgan fingerprint density at radius 1 is 0.917 bits per heavy atom. The zero-order valence-electron chi connectivity index (χ0n) is 13.2. The predicted octanol–water partition coefficient (Wildman–Crippen LogP) is 5.14. The molecule has 0 saturated heterocycles. The van der Waals surface area contributed by atoms with E-state index in [1.807, 2.05) is 24.3 Å². The molecule has 2 aromatic carbocycles. The van der Waals surface area contributed by atoms with Gasteiger partial charge in [-0.1, -0.05) is 36.4 Å². The van der Waals surface area contributed by atoms with Crippen LogP contribution in [0.4, 0.5) is 13.2 Å². The number of nitrogens with one attached hydrogen (secondary N) is 1. The van der Waals surface area contributed by atoms with E-state index in [9.17, 15) is 13.2 Å². The maximum Gasteiger partial charge on any atom is 0.417 e. The summed E-state index contributed by atoms with van der Waals surface area (Å²) in [7, 11) is 0. The molecule has 1 heterocycles. The molecule has 0 aliphatic heterocycles. The largest absolute Gasteiger partial charge is 0.417 e. The van der Waals surface area contributed by atoms with Crippen LogP contribution in [0.15, 0.2) is 48.5 Å². The molecule has 3 aromatic rings. The fourth-order valence-electron chi connectivity index (χ4n) is 3.08. The number of halogens is 3. The highest BCUT2D eigenvalue weighted by Gasteiger charge is 2.34. The molecule has 0 atom stereocenters. The average Bonchev–Trinajstić information content (AvgIpc) is 2.93. The minimum atomic E-state index is -4.39. The second-order valence-corrected chi connectivity index (χ2v) is 5.81. The van der Waals surface area contributed by atoms with E-state index < -0.39 is 11.7 Å². The summed E-state index contributed by atoms with van der Waals surface area (Å²) in [5.74, 6) is 0. The van der Waals surface area contributed by atoms with E-state index in [0.717, 1.165) is 35.4 Å². The van der Waals surface area contributed by atoms with Crippen molar-refractivity contribution >= 4 is 10.9 Å². The summed E-state index contributed by atoms with van der Waals surface area (Å²) in [6.07, 6.45) is -2.00. The van der Waals surface area contributed by atoms with Crippen LogP contribution in [-0.2, 0) is 12.6 Å². The number of para-hydroxylation sites is 1. The molecule has 0 aliphatic rings. The molecule has 0 amide bonds. The second kappa shape index (κ2) is 6.69. The van der Waals surface area contributed by atoms with E-state index in [1.165, 1.54) is 12.1 Å². The molecule has 1 aromatic heterocycles. The van der Waals surface area contributed by atoms with Gasteiger partial charge in [-0.05, 0) is 43.5 Å². The Hall–Kier alpha value is -2.27. The quantitative estimate of drug-likeness (QED) is 0.625. The summed E-state index contributed by atoms with van der Waals surface area (Å²) in [4.78, 5) is 3.19. The van der Waals surface area contributed by atoms with Gasteiger partial charge in [0.05, 0.1) is 11.3 Å². The molecule has 0 bridgehead atoms. The standard InChI is InChI=1S/C19H19F3N2/c20-19(21,22)16-10-3-1-9-15(16)18-14(8-5-6-12-23)13-7-2-4-11-17(13)24-18/h1-4,7,9-11,24H,5-6,8,12,23H2. The number of unbranched alkanes of at least 4 members (excludes halogenated alkanes) is 1. The Bertz CT molecular complexity index is 834.